The first-order valence-corrected chi connectivity index (χ1v) is 28.3. The van der Waals surface area contributed by atoms with E-state index in [9.17, 15) is 14.4 Å². The molecule has 4 N–H and O–H groups in total. The Labute approximate surface area is 515 Å². The maximum Gasteiger partial charge on any atom is 0.234 e. The molecule has 0 radical (unpaired) electrons. The van der Waals surface area contributed by atoms with E-state index >= 15 is 0 Å². The van der Waals surface area contributed by atoms with Crippen LogP contribution in [0.4, 0.5) is 52.4 Å². The fourth-order valence-electron chi connectivity index (χ4n) is 12.6. The number of terminal acetylenes is 3. The monoisotopic (exact) mass is 1210 g/mol. The van der Waals surface area contributed by atoms with Crippen molar-refractivity contribution in [3.8, 4) is 42.8 Å². The third-order valence-electron chi connectivity index (χ3n) is 17.2. The van der Waals surface area contributed by atoms with Gasteiger partial charge in [-0.25, -0.2) is 15.0 Å². The van der Waals surface area contributed by atoms with Crippen LogP contribution in [0.5, 0.6) is 5.75 Å². The Morgan fingerprint density at radius 1 is 0.616 bits per heavy atom. The number of likely N-dealkylation sites (tertiary alicyclic amines) is 3. The van der Waals surface area contributed by atoms with Crippen LogP contribution in [0.25, 0.3) is 0 Å². The van der Waals surface area contributed by atoms with Crippen molar-refractivity contribution in [2.45, 2.75) is 54.4 Å². The summed E-state index contributed by atoms with van der Waals surface area (Å²) in [5.74, 6) is 11.9. The quantitative estimate of drug-likeness (QED) is 0.0950. The molecule has 86 heavy (non-hydrogen) atoms. The molecule has 0 bridgehead atoms. The second-order valence-electron chi connectivity index (χ2n) is 23.6. The van der Waals surface area contributed by atoms with E-state index in [-0.39, 0.29) is 77.9 Å². The summed E-state index contributed by atoms with van der Waals surface area (Å²) in [6, 6.07) is 0. The Kier molecular flexibility index (Phi) is 16.7. The van der Waals surface area contributed by atoms with Crippen molar-refractivity contribution in [2.75, 3.05) is 116 Å². The number of aryl methyl sites for hydroxylation is 2. The molecule has 3 amide bonds. The predicted octanol–water partition coefficient (Wildman–Crippen LogP) is 6.12. The number of nitrogens with zero attached hydrogens (tertiary/aromatic N) is 17. The number of halogens is 2. The van der Waals surface area contributed by atoms with Crippen molar-refractivity contribution in [1.29, 1.82) is 0 Å². The van der Waals surface area contributed by atoms with E-state index in [2.05, 4.69) is 121 Å². The van der Waals surface area contributed by atoms with Crippen molar-refractivity contribution >= 4 is 93.3 Å². The fourth-order valence-corrected chi connectivity index (χ4v) is 13.0. The van der Waals surface area contributed by atoms with E-state index in [0.717, 1.165) is 54.6 Å². The third kappa shape index (κ3) is 12.9. The lowest BCUT2D eigenvalue weighted by molar-refractivity contribution is -0.130. The molecule has 27 heteroatoms. The number of methoxy groups -OCH3 is 1. The number of fused-ring (bicyclic) bond motifs is 3. The van der Waals surface area contributed by atoms with Gasteiger partial charge in [-0.15, -0.1) is 19.3 Å². The highest BCUT2D eigenvalue weighted by atomic mass is 35.5. The number of ether oxygens (including phenoxy) is 1. The molecular formula is C59H73Cl2N21O4. The zero-order chi connectivity index (χ0) is 62.9. The normalized spacial score (nSPS) is 24.6. The van der Waals surface area contributed by atoms with Gasteiger partial charge in [-0.2, -0.15) is 30.2 Å². The van der Waals surface area contributed by atoms with Crippen molar-refractivity contribution in [3.63, 3.8) is 0 Å². The average Bonchev–Trinajstić information content (AvgIpc) is 1.59. The van der Waals surface area contributed by atoms with Gasteiger partial charge in [0.1, 0.15) is 10.0 Å². The summed E-state index contributed by atoms with van der Waals surface area (Å²) in [4.78, 5) is 75.5. The van der Waals surface area contributed by atoms with Crippen LogP contribution in [0.2, 0.25) is 10.0 Å². The highest BCUT2D eigenvalue weighted by Gasteiger charge is 2.59. The molecule has 6 aromatic rings. The highest BCUT2D eigenvalue weighted by Crippen LogP contribution is 2.53. The number of aromatic amines is 1. The minimum atomic E-state index is -2.36. The lowest BCUT2D eigenvalue weighted by Crippen LogP contribution is -2.36. The Hall–Kier alpha value is -8.86. The maximum atomic E-state index is 12.3. The highest BCUT2D eigenvalue weighted by molar-refractivity contribution is 6.33. The summed E-state index contributed by atoms with van der Waals surface area (Å²) < 4.78 is 30.4. The summed E-state index contributed by atoms with van der Waals surface area (Å²) in [5.41, 5.74) is 1.83. The lowest BCUT2D eigenvalue weighted by atomic mass is 9.71. The molecule has 452 valence electrons. The zero-order valence-electron chi connectivity index (χ0n) is 51.2. The topological polar surface area (TPSA) is 258 Å². The minimum absolute atomic E-state index is 0. The molecule has 25 nitrogen and oxygen atoms in total. The van der Waals surface area contributed by atoms with E-state index in [4.69, 9.17) is 56.3 Å². The molecule has 6 aliphatic rings. The third-order valence-corrected chi connectivity index (χ3v) is 17.8. The van der Waals surface area contributed by atoms with Gasteiger partial charge in [0.05, 0.1) is 80.6 Å². The van der Waals surface area contributed by atoms with Gasteiger partial charge in [0.15, 0.2) is 23.2 Å². The van der Waals surface area contributed by atoms with Crippen LogP contribution in [-0.2, 0) is 28.4 Å². The van der Waals surface area contributed by atoms with E-state index in [0.29, 0.717) is 96.7 Å². The van der Waals surface area contributed by atoms with Gasteiger partial charge < -0.3 is 50.1 Å². The molecule has 0 unspecified atom stereocenters. The largest absolute Gasteiger partial charge is 0.491 e. The first-order chi connectivity index (χ1) is 41.8. The van der Waals surface area contributed by atoms with E-state index in [1.807, 2.05) is 27.9 Å². The van der Waals surface area contributed by atoms with Crippen LogP contribution in [0.1, 0.15) is 58.5 Å². The van der Waals surface area contributed by atoms with Crippen LogP contribution >= 0.6 is 23.2 Å². The fraction of sp³-hybridized carbons (Fsp3) is 0.492. The van der Waals surface area contributed by atoms with Crippen LogP contribution < -0.4 is 35.4 Å². The number of H-pyrrole nitrogens is 1. The number of carbonyl (C=O) groups excluding carboxylic acids is 3. The smallest absolute Gasteiger partial charge is 0.234 e. The second-order valence-corrected chi connectivity index (χ2v) is 24.4. The molecule has 6 aliphatic heterocycles. The Morgan fingerprint density at radius 2 is 1.07 bits per heavy atom. The van der Waals surface area contributed by atoms with Crippen LogP contribution in [0.15, 0.2) is 55.8 Å². The molecule has 0 aromatic carbocycles. The van der Waals surface area contributed by atoms with Gasteiger partial charge in [-0.3, -0.25) is 28.8 Å². The molecule has 0 aliphatic carbocycles. The zero-order valence-corrected chi connectivity index (χ0v) is 49.7. The maximum absolute atomic E-state index is 12.3. The number of carbonyl (C=O) groups is 3. The number of aromatic nitrogens is 12. The summed E-state index contributed by atoms with van der Waals surface area (Å²) in [7, 11) is 3.48. The molecule has 6 atom stereocenters. The summed E-state index contributed by atoms with van der Waals surface area (Å²) >= 11 is 12.8. The second kappa shape index (κ2) is 25.0. The van der Waals surface area contributed by atoms with E-state index in [1.165, 1.54) is 18.6 Å². The molecule has 12 rings (SSSR count). The van der Waals surface area contributed by atoms with Crippen molar-refractivity contribution < 1.29 is 23.2 Å². The van der Waals surface area contributed by atoms with Crippen molar-refractivity contribution in [3.05, 3.63) is 65.8 Å². The molecule has 0 spiro atoms. The number of amides is 3. The predicted molar refractivity (Wildman–Crippen MR) is 330 cm³/mol. The van der Waals surface area contributed by atoms with Crippen molar-refractivity contribution in [2.24, 2.45) is 47.5 Å². The van der Waals surface area contributed by atoms with Gasteiger partial charge in [0, 0.05) is 149 Å². The van der Waals surface area contributed by atoms with E-state index in [1.54, 1.807) is 42.8 Å². The number of anilines is 9. The van der Waals surface area contributed by atoms with E-state index < -0.39 is 6.98 Å². The SMILES string of the molecule is C.C#CCC(=O)N1C[C@@]2(C)CN(c3nc(Nc4cnn(C)c4)ncc3OC)C[C@@]2(C)C1.C#CCC(=O)N1C[C@H]2CN(c3nc(Nc4cn[nH]c4)ncc3Cl)C[C@@]2(C)C1.[2H]C([2H])([2H])n1cc(Nc2ncc(Cl)c(N3C[C@@H]4CN(C(=O)CC#C)C[C@]4(C)C3)n2)cn1. The Balaban J connectivity index is 0.000000158. The first-order valence-electron chi connectivity index (χ1n) is 29.0. The Bertz CT molecular complexity index is 3700. The molecule has 6 saturated heterocycles. The van der Waals surface area contributed by atoms with Crippen molar-refractivity contribution in [1.82, 2.24) is 74.4 Å². The van der Waals surface area contributed by atoms with Gasteiger partial charge in [0.25, 0.3) is 0 Å². The van der Waals surface area contributed by atoms with Crippen LogP contribution in [0, 0.1) is 70.5 Å². The number of hydrogen-bond donors (Lipinski definition) is 4. The van der Waals surface area contributed by atoms with Gasteiger partial charge in [0.2, 0.25) is 35.6 Å². The number of hydrogen-bond acceptors (Lipinski definition) is 19. The van der Waals surface area contributed by atoms with Gasteiger partial charge >= 0.3 is 0 Å². The van der Waals surface area contributed by atoms with Gasteiger partial charge in [-0.1, -0.05) is 76.1 Å². The molecule has 6 aromatic heterocycles. The minimum Gasteiger partial charge on any atom is -0.491 e. The standard InChI is InChI=1S/C21H27N7O2.C19H22ClN7O.C18H20ClN7O.CH4/c1-6-7-17(29)27-11-20(2)13-28(14-21(20,3)12-27)18-16(30-5)9-22-19(25-18)24-15-8-23-26(4)10-15;1-4-5-16(28)26-8-13-9-27(12-19(13,2)11-26)17-15(20)7-21-18(24-17)23-14-6-22-25(3)10-14;1-3-4-15(27)25-8-12-9-26(11-18(12,2)10-25)16-14(19)7-20-17(24-16)23-13-5-21-22-6-13;/h1,8-10H,7,11-14H2,2-5H3,(H,22,24,25);1,6-7,10,13H,5,8-9,11-12H2,2-3H3,(H,21,23,24);1,5-7,12H,4,8-11H2,2H3,(H,21,22)(H,20,23,24);1H4/t20-,21+;13-,19+;12-,18+;/m.00./s1/i;3D3;;. The Morgan fingerprint density at radius 3 is 1.49 bits per heavy atom. The summed E-state index contributed by atoms with van der Waals surface area (Å²) in [5, 5.41) is 24.8. The molecule has 6 fully saturated rings. The summed E-state index contributed by atoms with van der Waals surface area (Å²) in [6.07, 6.45) is 30.8. The average molecular weight is 1210 g/mol. The molecule has 12 heterocycles. The lowest BCUT2D eigenvalue weighted by Gasteiger charge is -2.29. The first kappa shape index (κ1) is 57.6. The van der Waals surface area contributed by atoms with Crippen LogP contribution in [0.3, 0.4) is 0 Å². The molecular weight excluding hydrogens is 1140 g/mol. The summed E-state index contributed by atoms with van der Waals surface area (Å²) in [6.45, 7) is 15.1. The molecule has 0 saturated carbocycles. The van der Waals surface area contributed by atoms with Crippen LogP contribution in [-0.4, -0.2) is 178 Å². The number of rotatable bonds is 13. The van der Waals surface area contributed by atoms with Gasteiger partial charge in [-0.05, 0) is 0 Å². The number of nitrogens with one attached hydrogen (secondary N) is 4.